The highest BCUT2D eigenvalue weighted by Gasteiger charge is 2.22. The Bertz CT molecular complexity index is 982. The Morgan fingerprint density at radius 3 is 1.73 bits per heavy atom. The SMILES string of the molecule is CC/C=C\C/C=C\C/C=C\C/C=C\C/C=C\C/C=C\CC(NC(=O)c1ccccc1C=O)C(=O)OCC. The van der Waals surface area contributed by atoms with E-state index < -0.39 is 17.9 Å². The van der Waals surface area contributed by atoms with Crippen LogP contribution in [0.2, 0.25) is 0 Å². The van der Waals surface area contributed by atoms with Crippen molar-refractivity contribution in [3.63, 3.8) is 0 Å². The van der Waals surface area contributed by atoms with Crippen LogP contribution in [0.5, 0.6) is 0 Å². The number of allylic oxidation sites excluding steroid dienone is 11. The van der Waals surface area contributed by atoms with Gasteiger partial charge in [-0.25, -0.2) is 4.79 Å². The van der Waals surface area contributed by atoms with E-state index in [0.29, 0.717) is 12.7 Å². The Morgan fingerprint density at radius 2 is 1.24 bits per heavy atom. The third-order valence-corrected chi connectivity index (χ3v) is 5.18. The molecule has 0 aliphatic carbocycles. The minimum absolute atomic E-state index is 0.222. The van der Waals surface area contributed by atoms with Gasteiger partial charge in [0.05, 0.1) is 6.61 Å². The molecule has 1 N–H and O–H groups in total. The van der Waals surface area contributed by atoms with Gasteiger partial charge in [0, 0.05) is 11.1 Å². The van der Waals surface area contributed by atoms with Gasteiger partial charge in [-0.1, -0.05) is 98.0 Å². The zero-order chi connectivity index (χ0) is 27.0. The van der Waals surface area contributed by atoms with E-state index in [1.807, 2.05) is 12.2 Å². The van der Waals surface area contributed by atoms with Gasteiger partial charge in [-0.3, -0.25) is 9.59 Å². The van der Waals surface area contributed by atoms with Crippen LogP contribution in [0.3, 0.4) is 0 Å². The molecular weight excluding hydrogens is 462 g/mol. The fourth-order valence-electron chi connectivity index (χ4n) is 3.25. The van der Waals surface area contributed by atoms with Crippen LogP contribution in [0.1, 0.15) is 79.5 Å². The molecule has 198 valence electrons. The molecule has 1 atom stereocenters. The van der Waals surface area contributed by atoms with Crippen molar-refractivity contribution in [3.8, 4) is 0 Å². The smallest absolute Gasteiger partial charge is 0.328 e. The van der Waals surface area contributed by atoms with Crippen molar-refractivity contribution >= 4 is 18.2 Å². The first-order valence-electron chi connectivity index (χ1n) is 13.1. The highest BCUT2D eigenvalue weighted by atomic mass is 16.5. The Kier molecular flexibility index (Phi) is 18.2. The third kappa shape index (κ3) is 15.1. The molecule has 0 heterocycles. The number of carbonyl (C=O) groups excluding carboxylic acids is 3. The summed E-state index contributed by atoms with van der Waals surface area (Å²) in [5.41, 5.74) is 0.506. The number of aldehydes is 1. The molecule has 0 radical (unpaired) electrons. The van der Waals surface area contributed by atoms with Gasteiger partial charge in [-0.2, -0.15) is 0 Å². The second kappa shape index (κ2) is 21.5. The average Bonchev–Trinajstić information content (AvgIpc) is 2.91. The van der Waals surface area contributed by atoms with Gasteiger partial charge in [-0.05, 0) is 57.9 Å². The summed E-state index contributed by atoms with van der Waals surface area (Å²) in [6.07, 6.45) is 31.8. The van der Waals surface area contributed by atoms with E-state index >= 15 is 0 Å². The van der Waals surface area contributed by atoms with Gasteiger partial charge in [0.15, 0.2) is 6.29 Å². The highest BCUT2D eigenvalue weighted by Crippen LogP contribution is 2.08. The molecule has 5 nitrogen and oxygen atoms in total. The Hall–Kier alpha value is -3.73. The Morgan fingerprint density at radius 1 is 0.757 bits per heavy atom. The van der Waals surface area contributed by atoms with Gasteiger partial charge >= 0.3 is 5.97 Å². The zero-order valence-electron chi connectivity index (χ0n) is 22.2. The van der Waals surface area contributed by atoms with Crippen molar-refractivity contribution in [2.45, 2.75) is 64.8 Å². The maximum atomic E-state index is 12.6. The first-order valence-corrected chi connectivity index (χ1v) is 13.1. The number of amides is 1. The van der Waals surface area contributed by atoms with Crippen LogP contribution in [0.25, 0.3) is 0 Å². The second-order valence-electron chi connectivity index (χ2n) is 8.13. The summed E-state index contributed by atoms with van der Waals surface area (Å²) < 4.78 is 5.10. The Balaban J connectivity index is 2.37. The van der Waals surface area contributed by atoms with Crippen molar-refractivity contribution in [1.29, 1.82) is 0 Å². The molecule has 0 aliphatic heterocycles. The molecule has 37 heavy (non-hydrogen) atoms. The first-order chi connectivity index (χ1) is 18.1. The molecule has 0 spiro atoms. The lowest BCUT2D eigenvalue weighted by Gasteiger charge is -2.16. The summed E-state index contributed by atoms with van der Waals surface area (Å²) in [6.45, 7) is 4.08. The lowest BCUT2D eigenvalue weighted by atomic mass is 10.1. The average molecular weight is 504 g/mol. The van der Waals surface area contributed by atoms with Crippen molar-refractivity contribution in [3.05, 3.63) is 108 Å². The molecule has 1 rings (SSSR count). The fourth-order valence-corrected chi connectivity index (χ4v) is 3.25. The van der Waals surface area contributed by atoms with Crippen molar-refractivity contribution in [2.75, 3.05) is 6.61 Å². The van der Waals surface area contributed by atoms with Crippen LogP contribution in [-0.4, -0.2) is 30.8 Å². The fraction of sp³-hybridized carbons (Fsp3) is 0.344. The molecule has 0 saturated carbocycles. The minimum atomic E-state index is -0.822. The van der Waals surface area contributed by atoms with E-state index in [1.165, 1.54) is 0 Å². The topological polar surface area (TPSA) is 72.5 Å². The van der Waals surface area contributed by atoms with Crippen LogP contribution in [0.4, 0.5) is 0 Å². The van der Waals surface area contributed by atoms with E-state index in [4.69, 9.17) is 4.74 Å². The van der Waals surface area contributed by atoms with Crippen molar-refractivity contribution in [2.24, 2.45) is 0 Å². The molecule has 5 heteroatoms. The molecular formula is C32H41NO4. The Labute approximate surface area is 222 Å². The van der Waals surface area contributed by atoms with E-state index in [1.54, 1.807) is 31.2 Å². The quantitative estimate of drug-likeness (QED) is 0.130. The number of ether oxygens (including phenoxy) is 1. The van der Waals surface area contributed by atoms with E-state index in [0.717, 1.165) is 38.5 Å². The second-order valence-corrected chi connectivity index (χ2v) is 8.13. The summed E-state index contributed by atoms with van der Waals surface area (Å²) in [5.74, 6) is -0.981. The number of nitrogens with one attached hydrogen (secondary N) is 1. The molecule has 1 aromatic carbocycles. The normalized spacial score (nSPS) is 13.0. The summed E-state index contributed by atoms with van der Waals surface area (Å²) >= 11 is 0. The van der Waals surface area contributed by atoms with E-state index in [2.05, 4.69) is 73.0 Å². The van der Waals surface area contributed by atoms with Crippen LogP contribution in [0, 0.1) is 0 Å². The molecule has 0 aromatic heterocycles. The first kappa shape index (κ1) is 31.3. The van der Waals surface area contributed by atoms with E-state index in [9.17, 15) is 14.4 Å². The van der Waals surface area contributed by atoms with Crippen LogP contribution in [0.15, 0.2) is 97.2 Å². The molecule has 0 aliphatic rings. The number of benzene rings is 1. The number of rotatable bonds is 18. The molecule has 1 unspecified atom stereocenters. The molecule has 1 aromatic rings. The maximum absolute atomic E-state index is 12.6. The zero-order valence-corrected chi connectivity index (χ0v) is 22.2. The predicted octanol–water partition coefficient (Wildman–Crippen LogP) is 7.25. The van der Waals surface area contributed by atoms with Crippen LogP contribution in [-0.2, 0) is 9.53 Å². The van der Waals surface area contributed by atoms with Gasteiger partial charge in [0.2, 0.25) is 0 Å². The van der Waals surface area contributed by atoms with E-state index in [-0.39, 0.29) is 17.7 Å². The molecule has 0 bridgehead atoms. The van der Waals surface area contributed by atoms with Gasteiger partial charge < -0.3 is 10.1 Å². The standard InChI is InChI=1S/C32H41NO4/c1-3-5-6-7-8-9-10-11-12-13-14-15-16-17-18-19-20-21-26-30(32(36)37-4-2)33-31(35)29-25-23-22-24-28(29)27-34/h5-6,8-9,11-12,14-15,17-18,20-25,27,30H,3-4,7,10,13,16,19,26H2,1-2H3,(H,33,35)/b6-5-,9-8-,12-11-,15-14-,18-17-,21-20-. The molecule has 1 amide bonds. The monoisotopic (exact) mass is 503 g/mol. The minimum Gasteiger partial charge on any atom is -0.464 e. The van der Waals surface area contributed by atoms with Gasteiger partial charge in [0.25, 0.3) is 5.91 Å². The number of hydrogen-bond acceptors (Lipinski definition) is 4. The highest BCUT2D eigenvalue weighted by molar-refractivity contribution is 6.02. The van der Waals surface area contributed by atoms with Crippen molar-refractivity contribution in [1.82, 2.24) is 5.32 Å². The third-order valence-electron chi connectivity index (χ3n) is 5.18. The van der Waals surface area contributed by atoms with Gasteiger partial charge in [0.1, 0.15) is 6.04 Å². The lowest BCUT2D eigenvalue weighted by Crippen LogP contribution is -2.41. The lowest BCUT2D eigenvalue weighted by molar-refractivity contribution is -0.145. The maximum Gasteiger partial charge on any atom is 0.328 e. The number of esters is 1. The summed E-state index contributed by atoms with van der Waals surface area (Å²) in [5, 5.41) is 2.69. The van der Waals surface area contributed by atoms with Crippen LogP contribution < -0.4 is 5.32 Å². The predicted molar refractivity (Wildman–Crippen MR) is 153 cm³/mol. The molecule has 0 saturated heterocycles. The number of carbonyl (C=O) groups is 3. The van der Waals surface area contributed by atoms with Gasteiger partial charge in [-0.15, -0.1) is 0 Å². The summed E-state index contributed by atoms with van der Waals surface area (Å²) in [4.78, 5) is 36.1. The summed E-state index contributed by atoms with van der Waals surface area (Å²) in [7, 11) is 0. The summed E-state index contributed by atoms with van der Waals surface area (Å²) in [6, 6.07) is 5.65. The van der Waals surface area contributed by atoms with Crippen LogP contribution >= 0.6 is 0 Å². The largest absolute Gasteiger partial charge is 0.464 e. The molecule has 0 fully saturated rings. The number of hydrogen-bond donors (Lipinski definition) is 1. The van der Waals surface area contributed by atoms with Crippen molar-refractivity contribution < 1.29 is 19.1 Å².